The Hall–Kier alpha value is -2.33. The van der Waals surface area contributed by atoms with Crippen LogP contribution in [-0.4, -0.2) is 11.8 Å². The summed E-state index contributed by atoms with van der Waals surface area (Å²) in [6.07, 6.45) is 2.37. The van der Waals surface area contributed by atoms with Crippen molar-refractivity contribution in [1.29, 1.82) is 0 Å². The summed E-state index contributed by atoms with van der Waals surface area (Å²) in [7, 11) is 0. The van der Waals surface area contributed by atoms with E-state index in [-0.39, 0.29) is 11.8 Å². The highest BCUT2D eigenvalue weighted by molar-refractivity contribution is 6.34. The number of unbranched alkanes of at least 4 members (excludes halogenated alkanes) is 1. The summed E-state index contributed by atoms with van der Waals surface area (Å²) in [4.78, 5) is 24.0. The van der Waals surface area contributed by atoms with Gasteiger partial charge in [0.1, 0.15) is 0 Å². The Balaban J connectivity index is 1.98. The normalized spacial score (nSPS) is 10.3. The van der Waals surface area contributed by atoms with Crippen molar-refractivity contribution in [2.24, 2.45) is 0 Å². The fourth-order valence-electron chi connectivity index (χ4n) is 2.20. The van der Waals surface area contributed by atoms with Crippen molar-refractivity contribution in [3.05, 3.63) is 58.6 Å². The van der Waals surface area contributed by atoms with Crippen molar-refractivity contribution in [3.8, 4) is 0 Å². The number of halogens is 1. The van der Waals surface area contributed by atoms with Gasteiger partial charge in [-0.2, -0.15) is 0 Å². The molecular weight excluding hydrogens is 324 g/mol. The fraction of sp³-hybridized carbons (Fsp3) is 0.263. The molecule has 0 radical (unpaired) electrons. The molecule has 4 nitrogen and oxygen atoms in total. The molecule has 0 bridgehead atoms. The molecule has 0 saturated carbocycles. The monoisotopic (exact) mass is 344 g/mol. The van der Waals surface area contributed by atoms with Gasteiger partial charge in [0, 0.05) is 17.8 Å². The van der Waals surface area contributed by atoms with E-state index in [1.54, 1.807) is 36.4 Å². The van der Waals surface area contributed by atoms with Gasteiger partial charge in [-0.3, -0.25) is 9.59 Å². The van der Waals surface area contributed by atoms with Crippen LogP contribution in [0.25, 0.3) is 0 Å². The molecule has 2 N–H and O–H groups in total. The van der Waals surface area contributed by atoms with E-state index >= 15 is 0 Å². The molecule has 2 aromatic carbocycles. The van der Waals surface area contributed by atoms with E-state index in [0.29, 0.717) is 28.4 Å². The second kappa shape index (κ2) is 8.50. The molecule has 2 amide bonds. The van der Waals surface area contributed by atoms with Gasteiger partial charge < -0.3 is 10.6 Å². The predicted octanol–water partition coefficient (Wildman–Crippen LogP) is 5.03. The first kappa shape index (κ1) is 18.0. The number of aryl methyl sites for hydroxylation is 1. The van der Waals surface area contributed by atoms with Crippen molar-refractivity contribution < 1.29 is 9.59 Å². The van der Waals surface area contributed by atoms with Crippen molar-refractivity contribution in [2.75, 3.05) is 10.6 Å². The average molecular weight is 345 g/mol. The second-order valence-corrected chi connectivity index (χ2v) is 6.07. The summed E-state index contributed by atoms with van der Waals surface area (Å²) in [5.74, 6) is -0.264. The summed E-state index contributed by atoms with van der Waals surface area (Å²) < 4.78 is 0. The molecular formula is C19H21ClN2O2. The van der Waals surface area contributed by atoms with Gasteiger partial charge in [0.05, 0.1) is 10.6 Å². The molecule has 0 aromatic heterocycles. The molecule has 0 spiro atoms. The quantitative estimate of drug-likeness (QED) is 0.772. The van der Waals surface area contributed by atoms with Crippen LogP contribution in [0, 0.1) is 6.92 Å². The van der Waals surface area contributed by atoms with Crippen LogP contribution in [0.15, 0.2) is 42.5 Å². The number of nitrogens with one attached hydrogen (secondary N) is 2. The number of amides is 2. The zero-order chi connectivity index (χ0) is 17.5. The van der Waals surface area contributed by atoms with E-state index in [4.69, 9.17) is 11.6 Å². The van der Waals surface area contributed by atoms with Gasteiger partial charge >= 0.3 is 0 Å². The zero-order valence-electron chi connectivity index (χ0n) is 13.9. The lowest BCUT2D eigenvalue weighted by Gasteiger charge is -2.09. The van der Waals surface area contributed by atoms with Gasteiger partial charge in [-0.1, -0.05) is 31.0 Å². The predicted molar refractivity (Wildman–Crippen MR) is 98.7 cm³/mol. The maximum absolute atomic E-state index is 12.3. The van der Waals surface area contributed by atoms with Crippen LogP contribution in [-0.2, 0) is 4.79 Å². The van der Waals surface area contributed by atoms with E-state index in [2.05, 4.69) is 10.6 Å². The molecule has 2 aromatic rings. The highest BCUT2D eigenvalue weighted by Gasteiger charge is 2.10. The Bertz CT molecular complexity index is 727. The molecule has 2 rings (SSSR count). The number of carbonyl (C=O) groups excluding carboxylic acids is 2. The van der Waals surface area contributed by atoms with Gasteiger partial charge in [-0.25, -0.2) is 0 Å². The van der Waals surface area contributed by atoms with Crippen molar-refractivity contribution in [3.63, 3.8) is 0 Å². The van der Waals surface area contributed by atoms with E-state index in [1.165, 1.54) is 0 Å². The van der Waals surface area contributed by atoms with Crippen LogP contribution in [0.3, 0.4) is 0 Å². The van der Waals surface area contributed by atoms with Gasteiger partial charge in [0.2, 0.25) is 5.91 Å². The third-order valence-electron chi connectivity index (χ3n) is 3.55. The molecule has 126 valence electrons. The van der Waals surface area contributed by atoms with Gasteiger partial charge in [-0.15, -0.1) is 0 Å². The Morgan fingerprint density at radius 1 is 1.00 bits per heavy atom. The molecule has 0 unspecified atom stereocenters. The van der Waals surface area contributed by atoms with E-state index < -0.39 is 0 Å². The Kier molecular flexibility index (Phi) is 6.38. The number of benzene rings is 2. The topological polar surface area (TPSA) is 58.2 Å². The lowest BCUT2D eigenvalue weighted by molar-refractivity contribution is -0.116. The maximum atomic E-state index is 12.3. The minimum Gasteiger partial charge on any atom is -0.326 e. The first-order valence-electron chi connectivity index (χ1n) is 7.97. The summed E-state index contributed by atoms with van der Waals surface area (Å²) in [6, 6.07) is 12.3. The molecule has 0 atom stereocenters. The maximum Gasteiger partial charge on any atom is 0.257 e. The minimum absolute atomic E-state index is 0.0000674. The molecule has 0 fully saturated rings. The van der Waals surface area contributed by atoms with Crippen molar-refractivity contribution in [1.82, 2.24) is 0 Å². The standard InChI is InChI=1S/C19H21ClN2O2/c1-3-4-5-18(23)21-14-7-9-15(10-8-14)22-19(24)16-11-6-13(2)12-17(16)20/h6-12H,3-5H2,1-2H3,(H,21,23)(H,22,24). The van der Waals surface area contributed by atoms with Crippen LogP contribution in [0.2, 0.25) is 5.02 Å². The van der Waals surface area contributed by atoms with E-state index in [0.717, 1.165) is 18.4 Å². The molecule has 0 saturated heterocycles. The summed E-state index contributed by atoms with van der Waals surface area (Å²) in [5.41, 5.74) is 2.78. The van der Waals surface area contributed by atoms with Gasteiger partial charge in [0.15, 0.2) is 0 Å². The molecule has 0 heterocycles. The van der Waals surface area contributed by atoms with Crippen LogP contribution in [0.5, 0.6) is 0 Å². The summed E-state index contributed by atoms with van der Waals surface area (Å²) in [6.45, 7) is 3.96. The fourth-order valence-corrected chi connectivity index (χ4v) is 2.52. The van der Waals surface area contributed by atoms with Crippen molar-refractivity contribution >= 4 is 34.8 Å². The largest absolute Gasteiger partial charge is 0.326 e. The number of hydrogen-bond donors (Lipinski definition) is 2. The third kappa shape index (κ3) is 5.10. The molecule has 5 heteroatoms. The Morgan fingerprint density at radius 2 is 1.62 bits per heavy atom. The molecule has 0 aliphatic carbocycles. The number of hydrogen-bond acceptors (Lipinski definition) is 2. The van der Waals surface area contributed by atoms with Crippen LogP contribution >= 0.6 is 11.6 Å². The number of anilines is 2. The zero-order valence-corrected chi connectivity index (χ0v) is 14.6. The lowest BCUT2D eigenvalue weighted by Crippen LogP contribution is -2.13. The average Bonchev–Trinajstić information content (AvgIpc) is 2.54. The lowest BCUT2D eigenvalue weighted by atomic mass is 10.1. The summed E-state index contributed by atoms with van der Waals surface area (Å²) in [5, 5.41) is 6.05. The smallest absolute Gasteiger partial charge is 0.257 e. The van der Waals surface area contributed by atoms with Gasteiger partial charge in [-0.05, 0) is 55.3 Å². The molecule has 0 aliphatic rings. The first-order valence-corrected chi connectivity index (χ1v) is 8.35. The number of rotatable bonds is 6. The molecule has 24 heavy (non-hydrogen) atoms. The number of carbonyl (C=O) groups is 2. The van der Waals surface area contributed by atoms with Crippen LogP contribution in [0.4, 0.5) is 11.4 Å². The first-order chi connectivity index (χ1) is 11.5. The highest BCUT2D eigenvalue weighted by atomic mass is 35.5. The van der Waals surface area contributed by atoms with E-state index in [9.17, 15) is 9.59 Å². The van der Waals surface area contributed by atoms with Crippen LogP contribution in [0.1, 0.15) is 42.1 Å². The second-order valence-electron chi connectivity index (χ2n) is 5.67. The SMILES string of the molecule is CCCCC(=O)Nc1ccc(NC(=O)c2ccc(C)cc2Cl)cc1. The van der Waals surface area contributed by atoms with Gasteiger partial charge in [0.25, 0.3) is 5.91 Å². The Morgan fingerprint density at radius 3 is 2.21 bits per heavy atom. The van der Waals surface area contributed by atoms with Crippen LogP contribution < -0.4 is 10.6 Å². The Labute approximate surface area is 147 Å². The van der Waals surface area contributed by atoms with Crippen molar-refractivity contribution in [2.45, 2.75) is 33.1 Å². The minimum atomic E-state index is -0.264. The molecule has 0 aliphatic heterocycles. The highest BCUT2D eigenvalue weighted by Crippen LogP contribution is 2.20. The summed E-state index contributed by atoms with van der Waals surface area (Å²) >= 11 is 6.11. The van der Waals surface area contributed by atoms with E-state index in [1.807, 2.05) is 19.9 Å². The third-order valence-corrected chi connectivity index (χ3v) is 3.87.